The van der Waals surface area contributed by atoms with Crippen molar-refractivity contribution >= 4 is 28.4 Å². The van der Waals surface area contributed by atoms with Gasteiger partial charge in [0.15, 0.2) is 0 Å². The fourth-order valence-corrected chi connectivity index (χ4v) is 1.78. The van der Waals surface area contributed by atoms with E-state index < -0.39 is 0 Å². The number of hydrogen-bond donors (Lipinski definition) is 1. The molecule has 4 heteroatoms. The van der Waals surface area contributed by atoms with Crippen LogP contribution in [0.3, 0.4) is 0 Å². The molecule has 1 aliphatic carbocycles. The molecule has 0 spiro atoms. The summed E-state index contributed by atoms with van der Waals surface area (Å²) < 4.78 is 1.13. The van der Waals surface area contributed by atoms with E-state index in [9.17, 15) is 0 Å². The predicted molar refractivity (Wildman–Crippen MR) is 61.0 cm³/mol. The quantitative estimate of drug-likeness (QED) is 0.849. The summed E-state index contributed by atoms with van der Waals surface area (Å²) in [4.78, 5) is 8.97. The third-order valence-corrected chi connectivity index (χ3v) is 3.50. The third kappa shape index (κ3) is 1.77. The Bertz CT molecular complexity index is 334. The van der Waals surface area contributed by atoms with Crippen LogP contribution in [0, 0.1) is 10.5 Å². The molecule has 0 radical (unpaired) electrons. The van der Waals surface area contributed by atoms with Gasteiger partial charge in [-0.3, -0.25) is 0 Å². The highest BCUT2D eigenvalue weighted by molar-refractivity contribution is 14.1. The van der Waals surface area contributed by atoms with Crippen molar-refractivity contribution in [2.45, 2.75) is 25.7 Å². The van der Waals surface area contributed by atoms with Crippen LogP contribution in [0.4, 0.5) is 5.82 Å². The monoisotopic (exact) mass is 289 g/mol. The second-order valence-corrected chi connectivity index (χ2v) is 4.43. The molecule has 0 amide bonds. The molecule has 13 heavy (non-hydrogen) atoms. The number of anilines is 1. The molecule has 0 unspecified atom stereocenters. The summed E-state index contributed by atoms with van der Waals surface area (Å²) >= 11 is 2.28. The Morgan fingerprint density at radius 3 is 2.62 bits per heavy atom. The third-order valence-electron chi connectivity index (χ3n) is 2.21. The van der Waals surface area contributed by atoms with E-state index >= 15 is 0 Å². The summed E-state index contributed by atoms with van der Waals surface area (Å²) in [5.74, 6) is 2.61. The second kappa shape index (κ2) is 3.40. The molecule has 2 rings (SSSR count). The smallest absolute Gasteiger partial charge is 0.143 e. The molecular weight excluding hydrogens is 277 g/mol. The van der Waals surface area contributed by atoms with Crippen LogP contribution in [0.1, 0.15) is 30.3 Å². The number of aryl methyl sites for hydroxylation is 1. The minimum Gasteiger partial charge on any atom is -0.372 e. The van der Waals surface area contributed by atoms with Gasteiger partial charge in [-0.05, 0) is 42.4 Å². The van der Waals surface area contributed by atoms with Crippen molar-refractivity contribution in [2.24, 2.45) is 0 Å². The summed E-state index contributed by atoms with van der Waals surface area (Å²) in [5.41, 5.74) is 1.09. The molecule has 70 valence electrons. The molecule has 1 aromatic heterocycles. The standard InChI is InChI=1S/C9H12IN3/c1-5-7(10)9(11-2)13-8(12-5)6-3-4-6/h6H,3-4H2,1-2H3,(H,11,12,13). The average Bonchev–Trinajstić information content (AvgIpc) is 2.92. The van der Waals surface area contributed by atoms with Crippen LogP contribution < -0.4 is 5.32 Å². The van der Waals surface area contributed by atoms with E-state index in [0.29, 0.717) is 5.92 Å². The first-order valence-electron chi connectivity index (χ1n) is 4.44. The lowest BCUT2D eigenvalue weighted by Gasteiger charge is -2.07. The first-order valence-corrected chi connectivity index (χ1v) is 5.52. The van der Waals surface area contributed by atoms with Crippen molar-refractivity contribution in [3.05, 3.63) is 15.1 Å². The van der Waals surface area contributed by atoms with E-state index in [1.54, 1.807) is 0 Å². The summed E-state index contributed by atoms with van der Waals surface area (Å²) in [7, 11) is 1.90. The summed E-state index contributed by atoms with van der Waals surface area (Å²) in [6.45, 7) is 2.04. The molecule has 1 aliphatic rings. The maximum absolute atomic E-state index is 4.48. The fourth-order valence-electron chi connectivity index (χ4n) is 1.27. The molecule has 0 saturated heterocycles. The second-order valence-electron chi connectivity index (χ2n) is 3.35. The van der Waals surface area contributed by atoms with Gasteiger partial charge in [0.25, 0.3) is 0 Å². The summed E-state index contributed by atoms with van der Waals surface area (Å²) in [6, 6.07) is 0. The van der Waals surface area contributed by atoms with Crippen LogP contribution in [0.2, 0.25) is 0 Å². The summed E-state index contributed by atoms with van der Waals surface area (Å²) in [6.07, 6.45) is 2.51. The van der Waals surface area contributed by atoms with Gasteiger partial charge in [-0.25, -0.2) is 9.97 Å². The molecule has 0 aromatic carbocycles. The van der Waals surface area contributed by atoms with E-state index in [1.165, 1.54) is 12.8 Å². The lowest BCUT2D eigenvalue weighted by Crippen LogP contribution is -2.04. The molecule has 0 aliphatic heterocycles. The van der Waals surface area contributed by atoms with Crippen LogP contribution in [0.5, 0.6) is 0 Å². The normalized spacial score (nSPS) is 15.9. The van der Waals surface area contributed by atoms with E-state index in [-0.39, 0.29) is 0 Å². The first kappa shape index (κ1) is 9.18. The first-order chi connectivity index (χ1) is 6.22. The van der Waals surface area contributed by atoms with Gasteiger partial charge >= 0.3 is 0 Å². The van der Waals surface area contributed by atoms with E-state index in [1.807, 2.05) is 14.0 Å². The Kier molecular flexibility index (Phi) is 2.40. The SMILES string of the molecule is CNc1nc(C2CC2)nc(C)c1I. The minimum atomic E-state index is 0.628. The van der Waals surface area contributed by atoms with Crippen LogP contribution in [-0.2, 0) is 0 Å². The summed E-state index contributed by atoms with van der Waals surface area (Å²) in [5, 5.41) is 3.10. The Balaban J connectivity index is 2.43. The Morgan fingerprint density at radius 1 is 1.38 bits per heavy atom. The van der Waals surface area contributed by atoms with E-state index in [0.717, 1.165) is 20.9 Å². The lowest BCUT2D eigenvalue weighted by molar-refractivity contribution is 0.901. The topological polar surface area (TPSA) is 37.8 Å². The van der Waals surface area contributed by atoms with Crippen LogP contribution in [0.15, 0.2) is 0 Å². The predicted octanol–water partition coefficient (Wildman–Crippen LogP) is 2.31. The highest BCUT2D eigenvalue weighted by Gasteiger charge is 2.27. The number of hydrogen-bond acceptors (Lipinski definition) is 3. The van der Waals surface area contributed by atoms with E-state index in [2.05, 4.69) is 37.9 Å². The molecule has 1 fully saturated rings. The molecule has 1 N–H and O–H groups in total. The van der Waals surface area contributed by atoms with Gasteiger partial charge in [-0.1, -0.05) is 0 Å². The van der Waals surface area contributed by atoms with Crippen molar-refractivity contribution in [2.75, 3.05) is 12.4 Å². The van der Waals surface area contributed by atoms with Gasteiger partial charge in [0.1, 0.15) is 11.6 Å². The van der Waals surface area contributed by atoms with Gasteiger partial charge in [0.2, 0.25) is 0 Å². The molecule has 3 nitrogen and oxygen atoms in total. The Labute approximate surface area is 91.5 Å². The average molecular weight is 289 g/mol. The fraction of sp³-hybridized carbons (Fsp3) is 0.556. The number of nitrogens with zero attached hydrogens (tertiary/aromatic N) is 2. The number of aromatic nitrogens is 2. The zero-order valence-electron chi connectivity index (χ0n) is 7.76. The van der Waals surface area contributed by atoms with Crippen molar-refractivity contribution in [1.29, 1.82) is 0 Å². The van der Waals surface area contributed by atoms with Crippen LogP contribution >= 0.6 is 22.6 Å². The van der Waals surface area contributed by atoms with Gasteiger partial charge in [0, 0.05) is 13.0 Å². The molecule has 1 saturated carbocycles. The van der Waals surface area contributed by atoms with E-state index in [4.69, 9.17) is 0 Å². The number of rotatable bonds is 2. The van der Waals surface area contributed by atoms with Crippen molar-refractivity contribution in [1.82, 2.24) is 9.97 Å². The maximum atomic E-state index is 4.48. The zero-order chi connectivity index (χ0) is 9.42. The maximum Gasteiger partial charge on any atom is 0.143 e. The lowest BCUT2D eigenvalue weighted by atomic mass is 10.3. The highest BCUT2D eigenvalue weighted by Crippen LogP contribution is 2.38. The van der Waals surface area contributed by atoms with Gasteiger partial charge in [0.05, 0.1) is 9.26 Å². The zero-order valence-corrected chi connectivity index (χ0v) is 9.92. The van der Waals surface area contributed by atoms with Crippen LogP contribution in [0.25, 0.3) is 0 Å². The molecular formula is C9H12IN3. The van der Waals surface area contributed by atoms with Crippen molar-refractivity contribution in [3.8, 4) is 0 Å². The minimum absolute atomic E-state index is 0.628. The Morgan fingerprint density at radius 2 is 2.08 bits per heavy atom. The number of nitrogens with one attached hydrogen (secondary N) is 1. The van der Waals surface area contributed by atoms with Gasteiger partial charge in [-0.2, -0.15) is 0 Å². The Hall–Kier alpha value is -0.390. The van der Waals surface area contributed by atoms with Crippen molar-refractivity contribution in [3.63, 3.8) is 0 Å². The highest BCUT2D eigenvalue weighted by atomic mass is 127. The van der Waals surface area contributed by atoms with Gasteiger partial charge in [-0.15, -0.1) is 0 Å². The van der Waals surface area contributed by atoms with Crippen LogP contribution in [-0.4, -0.2) is 17.0 Å². The molecule has 1 aromatic rings. The largest absolute Gasteiger partial charge is 0.372 e. The molecule has 1 heterocycles. The van der Waals surface area contributed by atoms with Gasteiger partial charge < -0.3 is 5.32 Å². The molecule has 0 bridgehead atoms. The molecule has 0 atom stereocenters. The number of halogens is 1. The van der Waals surface area contributed by atoms with Crippen molar-refractivity contribution < 1.29 is 0 Å².